The van der Waals surface area contributed by atoms with Crippen molar-refractivity contribution in [2.75, 3.05) is 13.1 Å². The zero-order valence-electron chi connectivity index (χ0n) is 9.95. The maximum absolute atomic E-state index is 12.1. The fourth-order valence-electron chi connectivity index (χ4n) is 1.33. The van der Waals surface area contributed by atoms with E-state index in [0.717, 1.165) is 17.2 Å². The van der Waals surface area contributed by atoms with E-state index >= 15 is 0 Å². The fraction of sp³-hybridized carbons (Fsp3) is 0.182. The number of hydrogen-bond donors (Lipinski definition) is 1. The number of carbonyl (C=O) groups excluding carboxylic acids is 1. The van der Waals surface area contributed by atoms with Crippen molar-refractivity contribution in [1.82, 2.24) is 9.88 Å². The molecule has 1 heterocycles. The molecule has 0 spiro atoms. The summed E-state index contributed by atoms with van der Waals surface area (Å²) in [5.41, 5.74) is -0.717. The minimum absolute atomic E-state index is 0.270. The predicted molar refractivity (Wildman–Crippen MR) is 68.3 cm³/mol. The Kier molecular flexibility index (Phi) is 5.00. The van der Waals surface area contributed by atoms with E-state index in [0.29, 0.717) is 0 Å². The Labute approximate surface area is 118 Å². The molecule has 0 unspecified atom stereocenters. The van der Waals surface area contributed by atoms with Gasteiger partial charge in [0.2, 0.25) is 0 Å². The molecule has 0 aromatic carbocycles. The number of nitrogens with zero attached hydrogens (tertiary/aromatic N) is 3. The second-order valence-corrected chi connectivity index (χ2v) is 3.91. The molecule has 9 heteroatoms. The minimum Gasteiger partial charge on any atom is -0.480 e. The Morgan fingerprint density at radius 2 is 2.25 bits per heavy atom. The van der Waals surface area contributed by atoms with Gasteiger partial charge < -0.3 is 10.0 Å². The number of terminal acetylenes is 1. The molecule has 1 N–H and O–H groups in total. The predicted octanol–water partition coefficient (Wildman–Crippen LogP) is 0.803. The number of nitro groups is 1. The van der Waals surface area contributed by atoms with Gasteiger partial charge in [-0.1, -0.05) is 17.5 Å². The third-order valence-corrected chi connectivity index (χ3v) is 2.46. The van der Waals surface area contributed by atoms with Gasteiger partial charge in [0.1, 0.15) is 17.9 Å². The second-order valence-electron chi connectivity index (χ2n) is 3.55. The number of aliphatic carboxylic acids is 1. The van der Waals surface area contributed by atoms with Crippen LogP contribution in [0.1, 0.15) is 10.4 Å². The van der Waals surface area contributed by atoms with Crippen LogP contribution < -0.4 is 0 Å². The summed E-state index contributed by atoms with van der Waals surface area (Å²) in [5, 5.41) is 19.1. The van der Waals surface area contributed by atoms with Crippen LogP contribution >= 0.6 is 11.6 Å². The third-order valence-electron chi connectivity index (χ3n) is 2.16. The lowest BCUT2D eigenvalue weighted by Gasteiger charge is -2.18. The Balaban J connectivity index is 3.17. The first kappa shape index (κ1) is 15.4. The number of carbonyl (C=O) groups is 2. The number of hydrogen-bond acceptors (Lipinski definition) is 5. The van der Waals surface area contributed by atoms with Crippen LogP contribution in [-0.4, -0.2) is 44.9 Å². The number of pyridine rings is 1. The number of rotatable bonds is 5. The molecule has 104 valence electrons. The van der Waals surface area contributed by atoms with Gasteiger partial charge in [0.05, 0.1) is 17.0 Å². The first-order valence-electron chi connectivity index (χ1n) is 5.11. The van der Waals surface area contributed by atoms with Crippen LogP contribution in [0.2, 0.25) is 5.15 Å². The van der Waals surface area contributed by atoms with Gasteiger partial charge in [-0.2, -0.15) is 0 Å². The standard InChI is InChI=1S/C11H8ClN3O5/c1-2-3-14(6-9(16)17)11(18)8-4-7(15(19)20)5-13-10(8)12/h1,4-5H,3,6H2,(H,16,17). The van der Waals surface area contributed by atoms with Crippen LogP contribution in [0.25, 0.3) is 0 Å². The van der Waals surface area contributed by atoms with Crippen LogP contribution in [0.4, 0.5) is 5.69 Å². The minimum atomic E-state index is -1.27. The summed E-state index contributed by atoms with van der Waals surface area (Å²) in [5.74, 6) is 0.00900. The van der Waals surface area contributed by atoms with Crippen molar-refractivity contribution >= 4 is 29.2 Å². The highest BCUT2D eigenvalue weighted by Gasteiger charge is 2.23. The van der Waals surface area contributed by atoms with Gasteiger partial charge in [0.25, 0.3) is 11.6 Å². The SMILES string of the molecule is C#CCN(CC(=O)O)C(=O)c1cc([N+](=O)[O-])cnc1Cl. The lowest BCUT2D eigenvalue weighted by atomic mass is 10.2. The maximum atomic E-state index is 12.1. The summed E-state index contributed by atoms with van der Waals surface area (Å²) >= 11 is 5.70. The highest BCUT2D eigenvalue weighted by atomic mass is 35.5. The topological polar surface area (TPSA) is 114 Å². The average Bonchev–Trinajstić information content (AvgIpc) is 2.37. The lowest BCUT2D eigenvalue weighted by molar-refractivity contribution is -0.385. The first-order chi connectivity index (χ1) is 9.36. The van der Waals surface area contributed by atoms with E-state index in [1.165, 1.54) is 0 Å². The highest BCUT2D eigenvalue weighted by Crippen LogP contribution is 2.20. The Bertz CT molecular complexity index is 611. The Morgan fingerprint density at radius 3 is 2.75 bits per heavy atom. The molecule has 1 rings (SSSR count). The molecule has 1 amide bonds. The largest absolute Gasteiger partial charge is 0.480 e. The monoisotopic (exact) mass is 297 g/mol. The molecule has 0 radical (unpaired) electrons. The quantitative estimate of drug-likeness (QED) is 0.372. The molecule has 0 aliphatic carbocycles. The summed E-state index contributed by atoms with van der Waals surface area (Å²) in [6.45, 7) is -0.924. The van der Waals surface area contributed by atoms with E-state index < -0.39 is 29.0 Å². The molecule has 0 saturated heterocycles. The number of aromatic nitrogens is 1. The van der Waals surface area contributed by atoms with Gasteiger partial charge in [0.15, 0.2) is 0 Å². The van der Waals surface area contributed by atoms with Crippen LogP contribution in [-0.2, 0) is 4.79 Å². The second kappa shape index (κ2) is 6.49. The molecule has 0 aliphatic heterocycles. The van der Waals surface area contributed by atoms with Crippen LogP contribution in [0, 0.1) is 22.5 Å². The average molecular weight is 298 g/mol. The van der Waals surface area contributed by atoms with Gasteiger partial charge in [-0.15, -0.1) is 6.42 Å². The van der Waals surface area contributed by atoms with Gasteiger partial charge in [-0.05, 0) is 0 Å². The molecule has 1 aromatic heterocycles. The smallest absolute Gasteiger partial charge is 0.323 e. The van der Waals surface area contributed by atoms with Crippen molar-refractivity contribution in [1.29, 1.82) is 0 Å². The highest BCUT2D eigenvalue weighted by molar-refractivity contribution is 6.32. The van der Waals surface area contributed by atoms with Crippen molar-refractivity contribution in [2.45, 2.75) is 0 Å². The molecular weight excluding hydrogens is 290 g/mol. The Hall–Kier alpha value is -2.66. The normalized spacial score (nSPS) is 9.60. The van der Waals surface area contributed by atoms with Gasteiger partial charge in [-0.3, -0.25) is 19.7 Å². The Morgan fingerprint density at radius 1 is 1.60 bits per heavy atom. The van der Waals surface area contributed by atoms with Crippen LogP contribution in [0.5, 0.6) is 0 Å². The molecule has 0 aliphatic rings. The van der Waals surface area contributed by atoms with Crippen molar-refractivity contribution in [3.05, 3.63) is 33.1 Å². The summed E-state index contributed by atoms with van der Waals surface area (Å²) in [4.78, 5) is 37.0. The van der Waals surface area contributed by atoms with Crippen LogP contribution in [0.3, 0.4) is 0 Å². The molecule has 8 nitrogen and oxygen atoms in total. The van der Waals surface area contributed by atoms with Crippen molar-refractivity contribution < 1.29 is 19.6 Å². The molecule has 20 heavy (non-hydrogen) atoms. The lowest BCUT2D eigenvalue weighted by Crippen LogP contribution is -2.36. The van der Waals surface area contributed by atoms with Crippen molar-refractivity contribution in [3.63, 3.8) is 0 Å². The summed E-state index contributed by atoms with van der Waals surface area (Å²) in [6, 6.07) is 0.920. The molecular formula is C11H8ClN3O5. The zero-order chi connectivity index (χ0) is 15.3. The number of halogens is 1. The van der Waals surface area contributed by atoms with E-state index in [1.807, 2.05) is 0 Å². The van der Waals surface area contributed by atoms with Gasteiger partial charge in [-0.25, -0.2) is 4.98 Å². The van der Waals surface area contributed by atoms with E-state index in [1.54, 1.807) is 0 Å². The van der Waals surface area contributed by atoms with E-state index in [4.69, 9.17) is 23.1 Å². The van der Waals surface area contributed by atoms with E-state index in [2.05, 4.69) is 10.9 Å². The van der Waals surface area contributed by atoms with Crippen molar-refractivity contribution in [2.24, 2.45) is 0 Å². The number of amides is 1. The summed E-state index contributed by atoms with van der Waals surface area (Å²) in [6.07, 6.45) is 5.93. The van der Waals surface area contributed by atoms with Gasteiger partial charge in [0, 0.05) is 6.07 Å². The third kappa shape index (κ3) is 3.66. The summed E-state index contributed by atoms with van der Waals surface area (Å²) < 4.78 is 0. The zero-order valence-corrected chi connectivity index (χ0v) is 10.7. The molecule has 0 bridgehead atoms. The molecule has 0 atom stereocenters. The van der Waals surface area contributed by atoms with Crippen LogP contribution in [0.15, 0.2) is 12.3 Å². The maximum Gasteiger partial charge on any atom is 0.323 e. The molecule has 0 saturated carbocycles. The number of carboxylic acids is 1. The molecule has 0 fully saturated rings. The molecule has 1 aromatic rings. The summed E-state index contributed by atoms with van der Waals surface area (Å²) in [7, 11) is 0. The van der Waals surface area contributed by atoms with E-state index in [9.17, 15) is 19.7 Å². The number of carboxylic acid groups (broad SMARTS) is 1. The van der Waals surface area contributed by atoms with Crippen molar-refractivity contribution in [3.8, 4) is 12.3 Å². The van der Waals surface area contributed by atoms with E-state index in [-0.39, 0.29) is 17.3 Å². The first-order valence-corrected chi connectivity index (χ1v) is 5.49. The van der Waals surface area contributed by atoms with Gasteiger partial charge >= 0.3 is 5.97 Å². The fourth-order valence-corrected chi connectivity index (χ4v) is 1.51.